The molecule has 0 aliphatic rings. The minimum atomic E-state index is -0.516. The van der Waals surface area contributed by atoms with E-state index in [1.807, 2.05) is 57.1 Å². The lowest BCUT2D eigenvalue weighted by Crippen LogP contribution is -2.45. The zero-order chi connectivity index (χ0) is 13.3. The summed E-state index contributed by atoms with van der Waals surface area (Å²) >= 11 is 0. The molecule has 18 heavy (non-hydrogen) atoms. The van der Waals surface area contributed by atoms with Gasteiger partial charge >= 0.3 is 0 Å². The molecule has 0 atom stereocenters. The van der Waals surface area contributed by atoms with Crippen LogP contribution < -0.4 is 0 Å². The van der Waals surface area contributed by atoms with Crippen LogP contribution in [0.25, 0.3) is 10.8 Å². The summed E-state index contributed by atoms with van der Waals surface area (Å²) in [5, 5.41) is 1.96. The fraction of sp³-hybridized carbons (Fsp3) is 0.333. The van der Waals surface area contributed by atoms with Gasteiger partial charge in [0, 0.05) is 23.3 Å². The van der Waals surface area contributed by atoms with Crippen LogP contribution in [0.2, 0.25) is 0 Å². The van der Waals surface area contributed by atoms with Crippen LogP contribution in [0.4, 0.5) is 0 Å². The van der Waals surface area contributed by atoms with Gasteiger partial charge in [-0.15, -0.1) is 0 Å². The van der Waals surface area contributed by atoms with E-state index in [4.69, 9.17) is 0 Å². The average molecular weight is 242 g/mol. The van der Waals surface area contributed by atoms with E-state index in [9.17, 15) is 4.79 Å². The molecule has 0 radical (unpaired) electrons. The molecule has 0 saturated heterocycles. The highest BCUT2D eigenvalue weighted by molar-refractivity contribution is 6.11. The van der Waals surface area contributed by atoms with E-state index in [1.54, 1.807) is 12.4 Å². The van der Waals surface area contributed by atoms with E-state index in [0.717, 1.165) is 16.3 Å². The molecule has 2 aromatic rings. The monoisotopic (exact) mass is 242 g/mol. The van der Waals surface area contributed by atoms with Gasteiger partial charge in [-0.25, -0.2) is 0 Å². The molecule has 3 heteroatoms. The van der Waals surface area contributed by atoms with Gasteiger partial charge < -0.3 is 0 Å². The molecule has 0 spiro atoms. The van der Waals surface area contributed by atoms with Crippen LogP contribution >= 0.6 is 0 Å². The van der Waals surface area contributed by atoms with Crippen molar-refractivity contribution in [2.24, 2.45) is 0 Å². The molecule has 0 N–H and O–H groups in total. The van der Waals surface area contributed by atoms with Gasteiger partial charge in [-0.05, 0) is 39.4 Å². The number of hydrogen-bond acceptors (Lipinski definition) is 3. The molecule has 0 fully saturated rings. The Morgan fingerprint density at radius 2 is 1.94 bits per heavy atom. The van der Waals surface area contributed by atoms with Crippen molar-refractivity contribution in [1.29, 1.82) is 0 Å². The Morgan fingerprint density at radius 1 is 1.22 bits per heavy atom. The van der Waals surface area contributed by atoms with Gasteiger partial charge in [0.05, 0.1) is 5.54 Å². The number of benzene rings is 1. The molecule has 0 aliphatic heterocycles. The summed E-state index contributed by atoms with van der Waals surface area (Å²) in [6.45, 7) is 3.88. The number of rotatable bonds is 3. The molecule has 1 aromatic heterocycles. The first kappa shape index (κ1) is 12.7. The van der Waals surface area contributed by atoms with Crippen LogP contribution in [0.3, 0.4) is 0 Å². The van der Waals surface area contributed by atoms with Crippen molar-refractivity contribution < 1.29 is 4.79 Å². The second-order valence-electron chi connectivity index (χ2n) is 5.18. The lowest BCUT2D eigenvalue weighted by molar-refractivity contribution is 0.0757. The predicted molar refractivity (Wildman–Crippen MR) is 73.8 cm³/mol. The molecular weight excluding hydrogens is 224 g/mol. The number of fused-ring (bicyclic) bond motifs is 1. The van der Waals surface area contributed by atoms with Crippen LogP contribution in [0.1, 0.15) is 24.2 Å². The Balaban J connectivity index is 2.59. The van der Waals surface area contributed by atoms with Crippen molar-refractivity contribution in [2.45, 2.75) is 19.4 Å². The maximum Gasteiger partial charge on any atom is 0.183 e. The third-order valence-corrected chi connectivity index (χ3v) is 3.60. The van der Waals surface area contributed by atoms with Crippen LogP contribution in [-0.2, 0) is 0 Å². The van der Waals surface area contributed by atoms with Gasteiger partial charge in [-0.1, -0.05) is 18.2 Å². The van der Waals surface area contributed by atoms with Gasteiger partial charge in [0.25, 0.3) is 0 Å². The molecule has 0 saturated carbocycles. The van der Waals surface area contributed by atoms with Gasteiger partial charge in [0.1, 0.15) is 0 Å². The van der Waals surface area contributed by atoms with E-state index in [-0.39, 0.29) is 5.78 Å². The Bertz CT molecular complexity index is 583. The summed E-state index contributed by atoms with van der Waals surface area (Å²) in [5.41, 5.74) is 0.242. The number of pyridine rings is 1. The normalized spacial score (nSPS) is 12.1. The topological polar surface area (TPSA) is 33.2 Å². The Morgan fingerprint density at radius 3 is 2.61 bits per heavy atom. The largest absolute Gasteiger partial charge is 0.297 e. The van der Waals surface area contributed by atoms with Crippen molar-refractivity contribution in [3.8, 4) is 0 Å². The summed E-state index contributed by atoms with van der Waals surface area (Å²) in [6, 6.07) is 7.66. The van der Waals surface area contributed by atoms with Crippen molar-refractivity contribution in [3.63, 3.8) is 0 Å². The zero-order valence-corrected chi connectivity index (χ0v) is 11.3. The minimum absolute atomic E-state index is 0.129. The van der Waals surface area contributed by atoms with E-state index in [0.29, 0.717) is 0 Å². The van der Waals surface area contributed by atoms with Gasteiger partial charge in [0.15, 0.2) is 5.78 Å². The highest BCUT2D eigenvalue weighted by atomic mass is 16.1. The lowest BCUT2D eigenvalue weighted by atomic mass is 9.89. The first-order chi connectivity index (χ1) is 8.44. The van der Waals surface area contributed by atoms with Gasteiger partial charge in [0.2, 0.25) is 0 Å². The van der Waals surface area contributed by atoms with Crippen molar-refractivity contribution >= 4 is 16.6 Å². The van der Waals surface area contributed by atoms with E-state index < -0.39 is 5.54 Å². The molecule has 3 nitrogen and oxygen atoms in total. The van der Waals surface area contributed by atoms with Crippen LogP contribution in [0, 0.1) is 0 Å². The van der Waals surface area contributed by atoms with E-state index in [1.165, 1.54) is 0 Å². The molecule has 1 heterocycles. The summed E-state index contributed by atoms with van der Waals surface area (Å²) in [5.74, 6) is 0.129. The summed E-state index contributed by atoms with van der Waals surface area (Å²) in [6.07, 6.45) is 3.51. The highest BCUT2D eigenvalue weighted by Gasteiger charge is 2.31. The number of carbonyl (C=O) groups excluding carboxylic acids is 1. The standard InChI is InChI=1S/C15H18N2O/c1-15(2,17(3)4)14(18)13-7-5-6-11-10-16-9-8-12(11)13/h5-10H,1-4H3. The molecule has 0 amide bonds. The fourth-order valence-corrected chi connectivity index (χ4v) is 1.85. The Hall–Kier alpha value is -1.74. The molecule has 94 valence electrons. The Kier molecular flexibility index (Phi) is 3.18. The molecule has 0 aliphatic carbocycles. The fourth-order valence-electron chi connectivity index (χ4n) is 1.85. The predicted octanol–water partition coefficient (Wildman–Crippen LogP) is 2.76. The zero-order valence-electron chi connectivity index (χ0n) is 11.3. The van der Waals surface area contributed by atoms with Crippen LogP contribution in [-0.4, -0.2) is 35.3 Å². The Labute approximate surface area is 107 Å². The number of hydrogen-bond donors (Lipinski definition) is 0. The SMILES string of the molecule is CN(C)C(C)(C)C(=O)c1cccc2cnccc12. The van der Waals surface area contributed by atoms with E-state index >= 15 is 0 Å². The van der Waals surface area contributed by atoms with E-state index in [2.05, 4.69) is 4.98 Å². The average Bonchev–Trinajstić information content (AvgIpc) is 2.37. The van der Waals surface area contributed by atoms with Gasteiger partial charge in [-0.3, -0.25) is 14.7 Å². The molecule has 2 rings (SSSR count). The first-order valence-corrected chi connectivity index (χ1v) is 5.99. The third-order valence-electron chi connectivity index (χ3n) is 3.60. The lowest BCUT2D eigenvalue weighted by Gasteiger charge is -2.31. The van der Waals surface area contributed by atoms with Gasteiger partial charge in [-0.2, -0.15) is 0 Å². The first-order valence-electron chi connectivity index (χ1n) is 5.99. The maximum absolute atomic E-state index is 12.7. The van der Waals surface area contributed by atoms with Crippen molar-refractivity contribution in [1.82, 2.24) is 9.88 Å². The maximum atomic E-state index is 12.7. The summed E-state index contributed by atoms with van der Waals surface area (Å²) in [7, 11) is 3.84. The van der Waals surface area contributed by atoms with Crippen molar-refractivity contribution in [3.05, 3.63) is 42.2 Å². The molecular formula is C15H18N2O. The molecule has 0 bridgehead atoms. The molecule has 1 aromatic carbocycles. The molecule has 0 unspecified atom stereocenters. The number of carbonyl (C=O) groups is 1. The summed E-state index contributed by atoms with van der Waals surface area (Å²) in [4.78, 5) is 18.7. The second-order valence-corrected chi connectivity index (χ2v) is 5.18. The minimum Gasteiger partial charge on any atom is -0.297 e. The third kappa shape index (κ3) is 2.02. The number of ketones is 1. The number of nitrogens with zero attached hydrogens (tertiary/aromatic N) is 2. The van der Waals surface area contributed by atoms with Crippen LogP contribution in [0.15, 0.2) is 36.7 Å². The second kappa shape index (κ2) is 4.50. The number of Topliss-reactive ketones (excluding diaryl/α,β-unsaturated/α-hetero) is 1. The highest BCUT2D eigenvalue weighted by Crippen LogP contribution is 2.24. The number of likely N-dealkylation sites (N-methyl/N-ethyl adjacent to an activating group) is 1. The van der Waals surface area contributed by atoms with Crippen LogP contribution in [0.5, 0.6) is 0 Å². The quantitative estimate of drug-likeness (QED) is 0.776. The smallest absolute Gasteiger partial charge is 0.183 e. The number of aromatic nitrogens is 1. The summed E-state index contributed by atoms with van der Waals surface area (Å²) < 4.78 is 0. The van der Waals surface area contributed by atoms with Crippen molar-refractivity contribution in [2.75, 3.05) is 14.1 Å².